The molecule has 0 spiro atoms. The number of nitrogens with one attached hydrogen (secondary N) is 1. The van der Waals surface area contributed by atoms with Crippen LogP contribution < -0.4 is 10.2 Å². The van der Waals surface area contributed by atoms with Crippen LogP contribution in [0.3, 0.4) is 0 Å². The highest BCUT2D eigenvalue weighted by Gasteiger charge is 2.27. The molecule has 0 unspecified atom stereocenters. The molecule has 102 valence electrons. The first-order valence-electron chi connectivity index (χ1n) is 6.87. The summed E-state index contributed by atoms with van der Waals surface area (Å²) < 4.78 is 0. The summed E-state index contributed by atoms with van der Waals surface area (Å²) in [6.45, 7) is 2.74. The molecule has 4 rings (SSSR count). The minimum Gasteiger partial charge on any atom is -0.325 e. The van der Waals surface area contributed by atoms with E-state index in [1.807, 2.05) is 6.26 Å². The Hall–Kier alpha value is -1.59. The zero-order chi connectivity index (χ0) is 13.5. The van der Waals surface area contributed by atoms with Gasteiger partial charge in [0.2, 0.25) is 0 Å². The molecule has 1 aromatic carbocycles. The van der Waals surface area contributed by atoms with Crippen LogP contribution in [0.5, 0.6) is 0 Å². The van der Waals surface area contributed by atoms with E-state index in [-0.39, 0.29) is 0 Å². The van der Waals surface area contributed by atoms with Crippen molar-refractivity contribution in [1.29, 1.82) is 0 Å². The van der Waals surface area contributed by atoms with Gasteiger partial charge in [-0.2, -0.15) is 0 Å². The molecule has 0 atom stereocenters. The molecule has 0 radical (unpaired) electrons. The topological polar surface area (TPSA) is 41.1 Å². The Bertz CT molecular complexity index is 671. The summed E-state index contributed by atoms with van der Waals surface area (Å²) in [5, 5.41) is 4.26. The fraction of sp³-hybridized carbons (Fsp3) is 0.333. The third-order valence-electron chi connectivity index (χ3n) is 3.97. The maximum atomic E-state index is 4.78. The van der Waals surface area contributed by atoms with Crippen LogP contribution in [-0.4, -0.2) is 22.8 Å². The van der Waals surface area contributed by atoms with Gasteiger partial charge in [-0.05, 0) is 24.3 Å². The number of fused-ring (bicyclic) bond motifs is 2. The molecule has 1 aromatic heterocycles. The van der Waals surface area contributed by atoms with Crippen molar-refractivity contribution in [3.8, 4) is 0 Å². The molecule has 2 aromatic rings. The van der Waals surface area contributed by atoms with Crippen molar-refractivity contribution in [3.05, 3.63) is 41.1 Å². The maximum Gasteiger partial charge on any atom is 0.189 e. The van der Waals surface area contributed by atoms with Crippen LogP contribution in [0.2, 0.25) is 0 Å². The molecule has 2 aliphatic rings. The number of benzene rings is 1. The summed E-state index contributed by atoms with van der Waals surface area (Å²) in [4.78, 5) is 11.8. The van der Waals surface area contributed by atoms with Crippen molar-refractivity contribution >= 4 is 23.3 Å². The third kappa shape index (κ3) is 1.81. The fourth-order valence-corrected chi connectivity index (χ4v) is 3.38. The van der Waals surface area contributed by atoms with Crippen molar-refractivity contribution in [2.45, 2.75) is 24.7 Å². The van der Waals surface area contributed by atoms with Crippen LogP contribution in [0, 0.1) is 0 Å². The average molecular weight is 284 g/mol. The summed E-state index contributed by atoms with van der Waals surface area (Å²) in [7, 11) is 0. The Morgan fingerprint density at radius 2 is 2.10 bits per heavy atom. The zero-order valence-electron chi connectivity index (χ0n) is 11.4. The van der Waals surface area contributed by atoms with Gasteiger partial charge in [0.25, 0.3) is 0 Å². The van der Waals surface area contributed by atoms with Crippen molar-refractivity contribution in [3.63, 3.8) is 0 Å². The number of anilines is 2. The average Bonchev–Trinajstić information content (AvgIpc) is 3.12. The lowest BCUT2D eigenvalue weighted by Crippen LogP contribution is -2.18. The van der Waals surface area contributed by atoms with Crippen molar-refractivity contribution < 1.29 is 0 Å². The summed E-state index contributed by atoms with van der Waals surface area (Å²) in [6.07, 6.45) is 3.13. The van der Waals surface area contributed by atoms with E-state index in [0.717, 1.165) is 42.7 Å². The maximum absolute atomic E-state index is 4.78. The number of rotatable bonds is 2. The predicted molar refractivity (Wildman–Crippen MR) is 81.5 cm³/mol. The van der Waals surface area contributed by atoms with Gasteiger partial charge in [-0.15, -0.1) is 0 Å². The largest absolute Gasteiger partial charge is 0.325 e. The van der Waals surface area contributed by atoms with E-state index in [4.69, 9.17) is 4.98 Å². The van der Waals surface area contributed by atoms with Crippen LogP contribution in [0.4, 0.5) is 11.5 Å². The lowest BCUT2D eigenvalue weighted by Gasteiger charge is -2.21. The van der Waals surface area contributed by atoms with Crippen LogP contribution in [-0.2, 0) is 19.5 Å². The van der Waals surface area contributed by atoms with E-state index in [2.05, 4.69) is 39.5 Å². The number of aromatic nitrogens is 2. The van der Waals surface area contributed by atoms with Gasteiger partial charge in [-0.3, -0.25) is 0 Å². The van der Waals surface area contributed by atoms with Gasteiger partial charge in [-0.25, -0.2) is 9.97 Å². The normalized spacial score (nSPS) is 16.4. The number of para-hydroxylation sites is 1. The second-order valence-corrected chi connectivity index (χ2v) is 5.87. The number of hydrogen-bond donors (Lipinski definition) is 1. The molecular formula is C15H16N4S. The first-order valence-corrected chi connectivity index (χ1v) is 8.09. The molecule has 0 bridgehead atoms. The highest BCUT2D eigenvalue weighted by molar-refractivity contribution is 7.98. The molecule has 3 heterocycles. The van der Waals surface area contributed by atoms with Crippen LogP contribution >= 0.6 is 11.8 Å². The highest BCUT2D eigenvalue weighted by Crippen LogP contribution is 2.37. The molecule has 20 heavy (non-hydrogen) atoms. The second kappa shape index (κ2) is 4.75. The molecule has 0 saturated carbocycles. The Labute approximate surface area is 122 Å². The van der Waals surface area contributed by atoms with Gasteiger partial charge in [0.05, 0.1) is 5.69 Å². The van der Waals surface area contributed by atoms with Gasteiger partial charge in [0, 0.05) is 30.9 Å². The van der Waals surface area contributed by atoms with Gasteiger partial charge >= 0.3 is 0 Å². The van der Waals surface area contributed by atoms with E-state index in [1.165, 1.54) is 16.8 Å². The monoisotopic (exact) mass is 284 g/mol. The first kappa shape index (κ1) is 12.2. The standard InChI is InChI=1S/C15H16N4S/c1-20-15-17-12-9-16-8-11(12)14(18-15)19-7-6-10-4-2-3-5-13(10)19/h2-5,16H,6-9H2,1H3. The van der Waals surface area contributed by atoms with Gasteiger partial charge in [0.15, 0.2) is 5.16 Å². The van der Waals surface area contributed by atoms with E-state index in [1.54, 1.807) is 11.8 Å². The van der Waals surface area contributed by atoms with Crippen LogP contribution in [0.15, 0.2) is 29.4 Å². The van der Waals surface area contributed by atoms with Crippen molar-refractivity contribution in [2.24, 2.45) is 0 Å². The van der Waals surface area contributed by atoms with Crippen molar-refractivity contribution in [1.82, 2.24) is 15.3 Å². The summed E-state index contributed by atoms with van der Waals surface area (Å²) >= 11 is 1.61. The van der Waals surface area contributed by atoms with Crippen molar-refractivity contribution in [2.75, 3.05) is 17.7 Å². The lowest BCUT2D eigenvalue weighted by atomic mass is 10.2. The fourth-order valence-electron chi connectivity index (χ4n) is 3.00. The van der Waals surface area contributed by atoms with Crippen LogP contribution in [0.1, 0.15) is 16.8 Å². The van der Waals surface area contributed by atoms with E-state index < -0.39 is 0 Å². The van der Waals surface area contributed by atoms with E-state index >= 15 is 0 Å². The Morgan fingerprint density at radius 1 is 1.20 bits per heavy atom. The molecule has 0 fully saturated rings. The molecule has 5 heteroatoms. The first-order chi connectivity index (χ1) is 9.86. The third-order valence-corrected chi connectivity index (χ3v) is 4.52. The molecule has 0 saturated heterocycles. The van der Waals surface area contributed by atoms with Gasteiger partial charge < -0.3 is 10.2 Å². The highest BCUT2D eigenvalue weighted by atomic mass is 32.2. The SMILES string of the molecule is CSc1nc2c(c(N3CCc4ccccc43)n1)CNC2. The molecule has 1 N–H and O–H groups in total. The quantitative estimate of drug-likeness (QED) is 0.678. The molecular weight excluding hydrogens is 268 g/mol. The Morgan fingerprint density at radius 3 is 3.00 bits per heavy atom. The van der Waals surface area contributed by atoms with Gasteiger partial charge in [0.1, 0.15) is 5.82 Å². The minimum absolute atomic E-state index is 0.855. The number of thioether (sulfide) groups is 1. The molecule has 2 aliphatic heterocycles. The van der Waals surface area contributed by atoms with E-state index in [0.29, 0.717) is 0 Å². The van der Waals surface area contributed by atoms with E-state index in [9.17, 15) is 0 Å². The minimum atomic E-state index is 0.855. The zero-order valence-corrected chi connectivity index (χ0v) is 12.2. The Kier molecular flexibility index (Phi) is 2.89. The number of nitrogens with zero attached hydrogens (tertiary/aromatic N) is 3. The number of hydrogen-bond acceptors (Lipinski definition) is 5. The lowest BCUT2D eigenvalue weighted by molar-refractivity contribution is 0.754. The Balaban J connectivity index is 1.86. The second-order valence-electron chi connectivity index (χ2n) is 5.09. The van der Waals surface area contributed by atoms with Gasteiger partial charge in [-0.1, -0.05) is 30.0 Å². The molecule has 4 nitrogen and oxygen atoms in total. The van der Waals surface area contributed by atoms with Crippen LogP contribution in [0.25, 0.3) is 0 Å². The molecule has 0 aliphatic carbocycles. The summed E-state index contributed by atoms with van der Waals surface area (Å²) in [5.41, 5.74) is 5.13. The summed E-state index contributed by atoms with van der Waals surface area (Å²) in [5.74, 6) is 1.09. The predicted octanol–water partition coefficient (Wildman–Crippen LogP) is 2.50. The smallest absolute Gasteiger partial charge is 0.189 e. The summed E-state index contributed by atoms with van der Waals surface area (Å²) in [6, 6.07) is 8.62. The molecule has 0 amide bonds.